The first-order valence-corrected chi connectivity index (χ1v) is 7.99. The van der Waals surface area contributed by atoms with E-state index < -0.39 is 0 Å². The molecule has 1 N–H and O–H groups in total. The normalized spacial score (nSPS) is 10.5. The van der Waals surface area contributed by atoms with E-state index in [0.29, 0.717) is 27.2 Å². The van der Waals surface area contributed by atoms with Crippen LogP contribution in [0.4, 0.5) is 9.52 Å². The maximum absolute atomic E-state index is 13.5. The molecular weight excluding hydrogens is 297 g/mol. The van der Waals surface area contributed by atoms with E-state index >= 15 is 0 Å². The summed E-state index contributed by atoms with van der Waals surface area (Å²) in [5, 5.41) is 11.0. The van der Waals surface area contributed by atoms with Gasteiger partial charge in [-0.3, -0.25) is 4.79 Å². The molecule has 0 aliphatic carbocycles. The molecule has 0 fully saturated rings. The summed E-state index contributed by atoms with van der Waals surface area (Å²) in [6, 6.07) is 6.64. The van der Waals surface area contributed by atoms with Crippen LogP contribution in [0.2, 0.25) is 0 Å². The first-order valence-electron chi connectivity index (χ1n) is 6.18. The minimum Gasteiger partial charge on any atom is -0.301 e. The molecule has 2 aromatic rings. The molecule has 0 saturated heterocycles. The number of carbonyl (C=O) groups is 1. The summed E-state index contributed by atoms with van der Waals surface area (Å²) in [6.07, 6.45) is 1.26. The zero-order valence-electron chi connectivity index (χ0n) is 10.9. The topological polar surface area (TPSA) is 54.9 Å². The quantitative estimate of drug-likeness (QED) is 0.653. The Morgan fingerprint density at radius 1 is 1.40 bits per heavy atom. The molecule has 0 aliphatic heterocycles. The Hall–Kier alpha value is -1.47. The monoisotopic (exact) mass is 311 g/mol. The van der Waals surface area contributed by atoms with Crippen molar-refractivity contribution in [2.24, 2.45) is 0 Å². The van der Waals surface area contributed by atoms with Gasteiger partial charge in [-0.05, 0) is 18.1 Å². The van der Waals surface area contributed by atoms with Crippen LogP contribution in [0, 0.1) is 5.82 Å². The van der Waals surface area contributed by atoms with Crippen molar-refractivity contribution in [1.29, 1.82) is 0 Å². The summed E-state index contributed by atoms with van der Waals surface area (Å²) < 4.78 is 14.2. The molecule has 7 heteroatoms. The Kier molecular flexibility index (Phi) is 5.49. The average molecular weight is 311 g/mol. The highest BCUT2D eigenvalue weighted by molar-refractivity contribution is 8.00. The Bertz CT molecular complexity index is 589. The van der Waals surface area contributed by atoms with Gasteiger partial charge < -0.3 is 5.32 Å². The van der Waals surface area contributed by atoms with Gasteiger partial charge in [-0.2, -0.15) is 0 Å². The second kappa shape index (κ2) is 7.35. The van der Waals surface area contributed by atoms with E-state index in [9.17, 15) is 9.18 Å². The second-order valence-corrected chi connectivity index (χ2v) is 6.25. The van der Waals surface area contributed by atoms with Gasteiger partial charge in [0.05, 0.1) is 0 Å². The third-order valence-corrected chi connectivity index (χ3v) is 4.46. The summed E-state index contributed by atoms with van der Waals surface area (Å²) in [5.41, 5.74) is 0.629. The zero-order chi connectivity index (χ0) is 14.4. The standard InChI is InChI=1S/C13H14FN3OS2/c1-2-5-11(18)15-12-16-17-13(20-12)19-8-9-6-3-4-7-10(9)14/h3-4,6-7H,2,5,8H2,1H3,(H,15,16,18). The molecule has 0 aliphatic rings. The van der Waals surface area contributed by atoms with Crippen LogP contribution >= 0.6 is 23.1 Å². The second-order valence-electron chi connectivity index (χ2n) is 4.05. The van der Waals surface area contributed by atoms with E-state index in [4.69, 9.17) is 0 Å². The van der Waals surface area contributed by atoms with Crippen molar-refractivity contribution >= 4 is 34.1 Å². The van der Waals surface area contributed by atoms with Gasteiger partial charge in [-0.25, -0.2) is 4.39 Å². The van der Waals surface area contributed by atoms with Crippen LogP contribution in [0.15, 0.2) is 28.6 Å². The number of hydrogen-bond acceptors (Lipinski definition) is 5. The zero-order valence-corrected chi connectivity index (χ0v) is 12.6. The smallest absolute Gasteiger partial charge is 0.226 e. The van der Waals surface area contributed by atoms with Gasteiger partial charge in [0, 0.05) is 12.2 Å². The number of carbonyl (C=O) groups excluding carboxylic acids is 1. The summed E-state index contributed by atoms with van der Waals surface area (Å²) in [4.78, 5) is 11.4. The molecule has 4 nitrogen and oxygen atoms in total. The van der Waals surface area contributed by atoms with Crippen molar-refractivity contribution in [2.75, 3.05) is 5.32 Å². The van der Waals surface area contributed by atoms with Crippen molar-refractivity contribution in [3.63, 3.8) is 0 Å². The predicted molar refractivity (Wildman–Crippen MR) is 79.4 cm³/mol. The van der Waals surface area contributed by atoms with Gasteiger partial charge in [0.25, 0.3) is 0 Å². The molecule has 1 amide bonds. The molecule has 0 saturated carbocycles. The lowest BCUT2D eigenvalue weighted by Gasteiger charge is -1.99. The van der Waals surface area contributed by atoms with Gasteiger partial charge >= 0.3 is 0 Å². The summed E-state index contributed by atoms with van der Waals surface area (Å²) in [5.74, 6) is 0.208. The van der Waals surface area contributed by atoms with Gasteiger partial charge in [0.15, 0.2) is 4.34 Å². The number of nitrogens with zero attached hydrogens (tertiary/aromatic N) is 2. The van der Waals surface area contributed by atoms with E-state index in [1.54, 1.807) is 18.2 Å². The fraction of sp³-hybridized carbons (Fsp3) is 0.308. The molecule has 20 heavy (non-hydrogen) atoms. The molecule has 0 bridgehead atoms. The number of nitrogens with one attached hydrogen (secondary N) is 1. The van der Waals surface area contributed by atoms with E-state index in [2.05, 4.69) is 15.5 Å². The highest BCUT2D eigenvalue weighted by atomic mass is 32.2. The summed E-state index contributed by atoms with van der Waals surface area (Å²) in [6.45, 7) is 1.94. The lowest BCUT2D eigenvalue weighted by molar-refractivity contribution is -0.116. The number of benzene rings is 1. The highest BCUT2D eigenvalue weighted by Gasteiger charge is 2.09. The van der Waals surface area contributed by atoms with Crippen LogP contribution in [0.25, 0.3) is 0 Å². The molecule has 106 valence electrons. The van der Waals surface area contributed by atoms with Crippen LogP contribution in [0.1, 0.15) is 25.3 Å². The average Bonchev–Trinajstić information content (AvgIpc) is 2.85. The Labute approximate surface area is 124 Å². The van der Waals surface area contributed by atoms with Crippen molar-refractivity contribution in [2.45, 2.75) is 29.9 Å². The Morgan fingerprint density at radius 2 is 2.20 bits per heavy atom. The van der Waals surface area contributed by atoms with E-state index in [0.717, 1.165) is 6.42 Å². The Morgan fingerprint density at radius 3 is 2.95 bits per heavy atom. The number of thioether (sulfide) groups is 1. The lowest BCUT2D eigenvalue weighted by Crippen LogP contribution is -2.10. The van der Waals surface area contributed by atoms with Crippen molar-refractivity contribution in [1.82, 2.24) is 10.2 Å². The molecule has 0 unspecified atom stereocenters. The van der Waals surface area contributed by atoms with Crippen molar-refractivity contribution in [3.8, 4) is 0 Å². The SMILES string of the molecule is CCCC(=O)Nc1nnc(SCc2ccccc2F)s1. The van der Waals surface area contributed by atoms with Crippen LogP contribution in [-0.4, -0.2) is 16.1 Å². The number of rotatable bonds is 6. The summed E-state index contributed by atoms with van der Waals surface area (Å²) in [7, 11) is 0. The van der Waals surface area contributed by atoms with Crippen molar-refractivity contribution < 1.29 is 9.18 Å². The van der Waals surface area contributed by atoms with Gasteiger partial charge in [-0.15, -0.1) is 10.2 Å². The fourth-order valence-electron chi connectivity index (χ4n) is 1.48. The summed E-state index contributed by atoms with van der Waals surface area (Å²) >= 11 is 2.70. The molecule has 2 rings (SSSR count). The van der Waals surface area contributed by atoms with E-state index in [1.165, 1.54) is 29.2 Å². The van der Waals surface area contributed by atoms with Gasteiger partial charge in [0.1, 0.15) is 5.82 Å². The van der Waals surface area contributed by atoms with Crippen LogP contribution in [0.3, 0.4) is 0 Å². The fourth-order valence-corrected chi connectivity index (χ4v) is 3.24. The minimum atomic E-state index is -0.221. The molecular formula is C13H14FN3OS2. The molecule has 0 atom stereocenters. The van der Waals surface area contributed by atoms with Gasteiger partial charge in [0.2, 0.25) is 11.0 Å². The van der Waals surface area contributed by atoms with Crippen LogP contribution < -0.4 is 5.32 Å². The first kappa shape index (κ1) is 14.9. The van der Waals surface area contributed by atoms with Gasteiger partial charge in [-0.1, -0.05) is 48.2 Å². The number of aromatic nitrogens is 2. The Balaban J connectivity index is 1.90. The number of hydrogen-bond donors (Lipinski definition) is 1. The molecule has 1 aromatic carbocycles. The van der Waals surface area contributed by atoms with Crippen molar-refractivity contribution in [3.05, 3.63) is 35.6 Å². The lowest BCUT2D eigenvalue weighted by atomic mass is 10.2. The van der Waals surface area contributed by atoms with E-state index in [1.807, 2.05) is 6.92 Å². The molecule has 0 radical (unpaired) electrons. The molecule has 1 heterocycles. The van der Waals surface area contributed by atoms with Crippen LogP contribution in [-0.2, 0) is 10.5 Å². The number of anilines is 1. The van der Waals surface area contributed by atoms with Crippen LogP contribution in [0.5, 0.6) is 0 Å². The first-order chi connectivity index (χ1) is 9.69. The maximum atomic E-state index is 13.5. The predicted octanol–water partition coefficient (Wildman–Crippen LogP) is 3.71. The number of halogens is 1. The largest absolute Gasteiger partial charge is 0.301 e. The molecule has 0 spiro atoms. The number of amides is 1. The van der Waals surface area contributed by atoms with E-state index in [-0.39, 0.29) is 11.7 Å². The third-order valence-electron chi connectivity index (χ3n) is 2.44. The maximum Gasteiger partial charge on any atom is 0.226 e. The highest BCUT2D eigenvalue weighted by Crippen LogP contribution is 2.28. The third kappa shape index (κ3) is 4.28. The molecule has 1 aromatic heterocycles. The minimum absolute atomic E-state index is 0.0608.